The lowest BCUT2D eigenvalue weighted by Gasteiger charge is -2.13. The highest BCUT2D eigenvalue weighted by molar-refractivity contribution is 7.80. The highest BCUT2D eigenvalue weighted by atomic mass is 32.1. The van der Waals surface area contributed by atoms with Crippen LogP contribution in [0, 0.1) is 11.3 Å². The summed E-state index contributed by atoms with van der Waals surface area (Å²) in [5.74, 6) is 0. The van der Waals surface area contributed by atoms with Crippen molar-refractivity contribution in [3.63, 3.8) is 0 Å². The summed E-state index contributed by atoms with van der Waals surface area (Å²) >= 11 is 5.04. The van der Waals surface area contributed by atoms with Crippen LogP contribution in [0.2, 0.25) is 0 Å². The van der Waals surface area contributed by atoms with Gasteiger partial charge < -0.3 is 10.6 Å². The lowest BCUT2D eigenvalue weighted by Crippen LogP contribution is -2.39. The van der Waals surface area contributed by atoms with Crippen molar-refractivity contribution in [3.8, 4) is 6.07 Å². The first-order valence-electron chi connectivity index (χ1n) is 4.74. The molecule has 14 heavy (non-hydrogen) atoms. The first-order chi connectivity index (χ1) is 6.70. The number of hydrogen-bond acceptors (Lipinski definition) is 2. The molecule has 0 heterocycles. The van der Waals surface area contributed by atoms with Gasteiger partial charge in [-0.25, -0.2) is 0 Å². The molecule has 0 rings (SSSR count). The molecule has 0 saturated heterocycles. The van der Waals surface area contributed by atoms with Crippen LogP contribution in [-0.4, -0.2) is 17.7 Å². The highest BCUT2D eigenvalue weighted by Crippen LogP contribution is 1.91. The molecule has 0 radical (unpaired) electrons. The van der Waals surface area contributed by atoms with Crippen LogP contribution in [0.25, 0.3) is 0 Å². The number of unbranched alkanes of at least 4 members (excludes halogenated alkanes) is 2. The summed E-state index contributed by atoms with van der Waals surface area (Å²) in [6.07, 6.45) is 4.30. The van der Waals surface area contributed by atoms with E-state index in [1.165, 1.54) is 0 Å². The minimum Gasteiger partial charge on any atom is -0.363 e. The second-order valence-corrected chi connectivity index (χ2v) is 3.45. The van der Waals surface area contributed by atoms with Crippen LogP contribution in [0.1, 0.15) is 26.2 Å². The van der Waals surface area contributed by atoms with Crippen LogP contribution in [0.15, 0.2) is 12.7 Å². The summed E-state index contributed by atoms with van der Waals surface area (Å²) < 4.78 is 0. The molecule has 4 heteroatoms. The highest BCUT2D eigenvalue weighted by Gasteiger charge is 1.97. The number of hydrogen-bond donors (Lipinski definition) is 2. The number of nitrogens with one attached hydrogen (secondary N) is 2. The molecule has 0 aromatic rings. The molecule has 0 spiro atoms. The average molecular weight is 211 g/mol. The Morgan fingerprint density at radius 3 is 2.93 bits per heavy atom. The van der Waals surface area contributed by atoms with Crippen molar-refractivity contribution >= 4 is 17.3 Å². The van der Waals surface area contributed by atoms with Crippen molar-refractivity contribution in [3.05, 3.63) is 12.7 Å². The lowest BCUT2D eigenvalue weighted by atomic mass is 10.2. The Kier molecular flexibility index (Phi) is 7.86. The van der Waals surface area contributed by atoms with E-state index in [-0.39, 0.29) is 6.04 Å². The van der Waals surface area contributed by atoms with Gasteiger partial charge in [0.25, 0.3) is 0 Å². The van der Waals surface area contributed by atoms with E-state index in [9.17, 15) is 0 Å². The van der Waals surface area contributed by atoms with E-state index in [1.807, 2.05) is 6.92 Å². The minimum absolute atomic E-state index is 0.189. The van der Waals surface area contributed by atoms with Gasteiger partial charge in [-0.15, -0.1) is 6.58 Å². The quantitative estimate of drug-likeness (QED) is 0.399. The molecule has 0 aliphatic rings. The second-order valence-electron chi connectivity index (χ2n) is 3.04. The molecular formula is C10H17N3S. The summed E-state index contributed by atoms with van der Waals surface area (Å²) in [7, 11) is 0. The first-order valence-corrected chi connectivity index (χ1v) is 5.15. The fourth-order valence-corrected chi connectivity index (χ4v) is 1.14. The predicted molar refractivity (Wildman–Crippen MR) is 62.9 cm³/mol. The van der Waals surface area contributed by atoms with Crippen LogP contribution in [0.5, 0.6) is 0 Å². The summed E-state index contributed by atoms with van der Waals surface area (Å²) in [6.45, 7) is 6.45. The van der Waals surface area contributed by atoms with E-state index in [2.05, 4.69) is 23.3 Å². The molecule has 0 aromatic carbocycles. The molecule has 1 atom stereocenters. The van der Waals surface area contributed by atoms with Gasteiger partial charge in [-0.1, -0.05) is 6.08 Å². The van der Waals surface area contributed by atoms with Crippen molar-refractivity contribution in [2.75, 3.05) is 6.54 Å². The van der Waals surface area contributed by atoms with E-state index < -0.39 is 0 Å². The molecule has 0 amide bonds. The molecule has 2 N–H and O–H groups in total. The SMILES string of the molecule is C=CC(C)NC(=S)NCCCCC#N. The van der Waals surface area contributed by atoms with Gasteiger partial charge in [-0.05, 0) is 32.0 Å². The lowest BCUT2D eigenvalue weighted by molar-refractivity contribution is 0.703. The largest absolute Gasteiger partial charge is 0.363 e. The van der Waals surface area contributed by atoms with Gasteiger partial charge in [0.2, 0.25) is 0 Å². The number of rotatable bonds is 6. The molecule has 0 saturated carbocycles. The summed E-state index contributed by atoms with van der Waals surface area (Å²) in [5.41, 5.74) is 0. The fourth-order valence-electron chi connectivity index (χ4n) is 0.848. The molecular weight excluding hydrogens is 194 g/mol. The topological polar surface area (TPSA) is 47.8 Å². The van der Waals surface area contributed by atoms with Gasteiger partial charge in [0.05, 0.1) is 6.07 Å². The maximum Gasteiger partial charge on any atom is 0.166 e. The summed E-state index contributed by atoms with van der Waals surface area (Å²) in [5, 5.41) is 15.1. The van der Waals surface area contributed by atoms with Crippen molar-refractivity contribution < 1.29 is 0 Å². The third-order valence-electron chi connectivity index (χ3n) is 1.71. The zero-order chi connectivity index (χ0) is 10.8. The molecule has 1 unspecified atom stereocenters. The smallest absolute Gasteiger partial charge is 0.166 e. The van der Waals surface area contributed by atoms with E-state index in [0.29, 0.717) is 11.5 Å². The first kappa shape index (κ1) is 12.9. The van der Waals surface area contributed by atoms with Gasteiger partial charge in [-0.2, -0.15) is 5.26 Å². The monoisotopic (exact) mass is 211 g/mol. The number of nitriles is 1. The fraction of sp³-hybridized carbons (Fsp3) is 0.600. The Balaban J connectivity index is 3.36. The summed E-state index contributed by atoms with van der Waals surface area (Å²) in [6, 6.07) is 2.30. The van der Waals surface area contributed by atoms with Gasteiger partial charge in [0.1, 0.15) is 0 Å². The van der Waals surface area contributed by atoms with Gasteiger partial charge >= 0.3 is 0 Å². The number of thiocarbonyl (C=S) groups is 1. The second kappa shape index (κ2) is 8.52. The Hall–Kier alpha value is -1.08. The normalized spacial score (nSPS) is 11.1. The molecule has 0 aliphatic heterocycles. The van der Waals surface area contributed by atoms with Crippen LogP contribution < -0.4 is 10.6 Å². The molecule has 78 valence electrons. The van der Waals surface area contributed by atoms with E-state index in [4.69, 9.17) is 17.5 Å². The third-order valence-corrected chi connectivity index (χ3v) is 1.98. The predicted octanol–water partition coefficient (Wildman–Crippen LogP) is 1.72. The Bertz CT molecular complexity index is 220. The maximum absolute atomic E-state index is 8.31. The maximum atomic E-state index is 8.31. The van der Waals surface area contributed by atoms with E-state index in [0.717, 1.165) is 19.4 Å². The van der Waals surface area contributed by atoms with Gasteiger partial charge in [0.15, 0.2) is 5.11 Å². The standard InChI is InChI=1S/C10H17N3S/c1-3-9(2)13-10(14)12-8-6-4-5-7-11/h3,9H,1,4-6,8H2,2H3,(H2,12,13,14). The molecule has 0 fully saturated rings. The van der Waals surface area contributed by atoms with Crippen molar-refractivity contribution in [1.82, 2.24) is 10.6 Å². The minimum atomic E-state index is 0.189. The van der Waals surface area contributed by atoms with Crippen LogP contribution in [-0.2, 0) is 0 Å². The zero-order valence-corrected chi connectivity index (χ0v) is 9.36. The molecule has 0 bridgehead atoms. The Labute approximate surface area is 91.2 Å². The molecule has 3 nitrogen and oxygen atoms in total. The van der Waals surface area contributed by atoms with Crippen molar-refractivity contribution in [1.29, 1.82) is 5.26 Å². The van der Waals surface area contributed by atoms with Crippen LogP contribution in [0.3, 0.4) is 0 Å². The van der Waals surface area contributed by atoms with Crippen molar-refractivity contribution in [2.45, 2.75) is 32.2 Å². The average Bonchev–Trinajstić information content (AvgIpc) is 2.17. The number of nitrogens with zero attached hydrogens (tertiary/aromatic N) is 1. The van der Waals surface area contributed by atoms with E-state index >= 15 is 0 Å². The zero-order valence-electron chi connectivity index (χ0n) is 8.55. The van der Waals surface area contributed by atoms with Gasteiger partial charge in [0, 0.05) is 19.0 Å². The Morgan fingerprint density at radius 2 is 2.36 bits per heavy atom. The van der Waals surface area contributed by atoms with Crippen LogP contribution >= 0.6 is 12.2 Å². The van der Waals surface area contributed by atoms with Gasteiger partial charge in [-0.3, -0.25) is 0 Å². The van der Waals surface area contributed by atoms with Crippen molar-refractivity contribution in [2.24, 2.45) is 0 Å². The van der Waals surface area contributed by atoms with Crippen LogP contribution in [0.4, 0.5) is 0 Å². The van der Waals surface area contributed by atoms with E-state index in [1.54, 1.807) is 6.08 Å². The third kappa shape index (κ3) is 7.56. The Morgan fingerprint density at radius 1 is 1.64 bits per heavy atom. The molecule has 0 aliphatic carbocycles. The molecule has 0 aromatic heterocycles. The summed E-state index contributed by atoms with van der Waals surface area (Å²) in [4.78, 5) is 0.